The highest BCUT2D eigenvalue weighted by Crippen LogP contribution is 2.22. The van der Waals surface area contributed by atoms with Crippen molar-refractivity contribution in [2.24, 2.45) is 11.8 Å². The van der Waals surface area contributed by atoms with Gasteiger partial charge in [-0.1, -0.05) is 47.1 Å². The Morgan fingerprint density at radius 1 is 1.25 bits per heavy atom. The Morgan fingerprint density at radius 2 is 1.83 bits per heavy atom. The molecule has 0 fully saturated rings. The first kappa shape index (κ1) is 14.3. The lowest BCUT2D eigenvalue weighted by molar-refractivity contribution is 0.336. The lowest BCUT2D eigenvalue weighted by Gasteiger charge is -2.18. The van der Waals surface area contributed by atoms with Crippen LogP contribution in [0.1, 0.15) is 53.9 Å². The Bertz CT molecular complexity index is 92.2. The van der Waals surface area contributed by atoms with Crippen LogP contribution in [0.3, 0.4) is 0 Å². The van der Waals surface area contributed by atoms with Crippen molar-refractivity contribution in [2.45, 2.75) is 53.9 Å². The van der Waals surface area contributed by atoms with E-state index in [9.17, 15) is 0 Å². The minimum absolute atomic E-state index is 0. The Morgan fingerprint density at radius 3 is 2.17 bits per heavy atom. The topological polar surface area (TPSA) is 0 Å². The van der Waals surface area contributed by atoms with Crippen LogP contribution < -0.4 is 0 Å². The van der Waals surface area contributed by atoms with Crippen LogP contribution in [0.25, 0.3) is 0 Å². The smallest absolute Gasteiger partial charge is 0.0351 e. The van der Waals surface area contributed by atoms with Crippen LogP contribution in [-0.4, -0.2) is 0 Å². The van der Waals surface area contributed by atoms with Gasteiger partial charge >= 0.3 is 0 Å². The molecule has 1 atom stereocenters. The summed E-state index contributed by atoms with van der Waals surface area (Å²) in [4.78, 5) is 0. The van der Waals surface area contributed by atoms with Gasteiger partial charge in [0.05, 0.1) is 0 Å². The lowest BCUT2D eigenvalue weighted by Crippen LogP contribution is -2.07. The Hall–Kier alpha value is -0.260. The molecule has 0 aromatic rings. The molecule has 0 saturated heterocycles. The van der Waals surface area contributed by atoms with Crippen LogP contribution in [0.15, 0.2) is 12.7 Å². The summed E-state index contributed by atoms with van der Waals surface area (Å²) < 4.78 is 0. The van der Waals surface area contributed by atoms with Crippen LogP contribution >= 0.6 is 0 Å². The van der Waals surface area contributed by atoms with Crippen molar-refractivity contribution in [3.63, 3.8) is 0 Å². The minimum atomic E-state index is 0. The molecule has 0 amide bonds. The van der Waals surface area contributed by atoms with Gasteiger partial charge in [-0.2, -0.15) is 0 Å². The standard InChI is InChI=1S/C11H22.CH4/c1-5-7-9-11(8-6-2)10(3)4;/h5,10-11H,1,6-9H2,2-4H3;1H4/t11-;/m0./s1. The van der Waals surface area contributed by atoms with Crippen molar-refractivity contribution < 1.29 is 0 Å². The second-order valence-corrected chi connectivity index (χ2v) is 3.66. The van der Waals surface area contributed by atoms with Gasteiger partial charge in [0.25, 0.3) is 0 Å². The van der Waals surface area contributed by atoms with Crippen LogP contribution in [0.5, 0.6) is 0 Å². The molecule has 0 spiro atoms. The lowest BCUT2D eigenvalue weighted by atomic mass is 9.87. The van der Waals surface area contributed by atoms with Crippen molar-refractivity contribution in [2.75, 3.05) is 0 Å². The fourth-order valence-corrected chi connectivity index (χ4v) is 1.51. The number of hydrogen-bond donors (Lipinski definition) is 0. The van der Waals surface area contributed by atoms with E-state index in [-0.39, 0.29) is 7.43 Å². The van der Waals surface area contributed by atoms with Crippen LogP contribution in [0.2, 0.25) is 0 Å². The third kappa shape index (κ3) is 6.45. The average Bonchev–Trinajstić information content (AvgIpc) is 1.97. The largest absolute Gasteiger partial charge is 0.103 e. The Labute approximate surface area is 79.1 Å². The molecule has 12 heavy (non-hydrogen) atoms. The maximum Gasteiger partial charge on any atom is -0.0351 e. The highest BCUT2D eigenvalue weighted by molar-refractivity contribution is 4.71. The molecule has 0 radical (unpaired) electrons. The number of hydrogen-bond acceptors (Lipinski definition) is 0. The molecular formula is C12H26. The number of allylic oxidation sites excluding steroid dienone is 1. The third-order valence-electron chi connectivity index (χ3n) is 2.34. The molecule has 0 aromatic carbocycles. The predicted octanol–water partition coefficient (Wildman–Crippen LogP) is 4.66. The Kier molecular flexibility index (Phi) is 10.5. The normalized spacial score (nSPS) is 12.3. The maximum absolute atomic E-state index is 3.75. The summed E-state index contributed by atoms with van der Waals surface area (Å²) in [5.41, 5.74) is 0. The molecule has 0 heterocycles. The van der Waals surface area contributed by atoms with E-state index in [1.165, 1.54) is 25.7 Å². The van der Waals surface area contributed by atoms with E-state index >= 15 is 0 Å². The van der Waals surface area contributed by atoms with Crippen LogP contribution in [-0.2, 0) is 0 Å². The maximum atomic E-state index is 3.75. The van der Waals surface area contributed by atoms with E-state index in [1.807, 2.05) is 6.08 Å². The second kappa shape index (κ2) is 8.83. The molecule has 0 nitrogen and oxygen atoms in total. The molecule has 0 aromatic heterocycles. The third-order valence-corrected chi connectivity index (χ3v) is 2.34. The molecule has 0 aliphatic carbocycles. The summed E-state index contributed by atoms with van der Waals surface area (Å²) in [5.74, 6) is 1.76. The van der Waals surface area contributed by atoms with Crippen molar-refractivity contribution in [3.05, 3.63) is 12.7 Å². The van der Waals surface area contributed by atoms with Gasteiger partial charge in [0.1, 0.15) is 0 Å². The van der Waals surface area contributed by atoms with Crippen molar-refractivity contribution >= 4 is 0 Å². The van der Waals surface area contributed by atoms with E-state index in [2.05, 4.69) is 27.4 Å². The molecule has 0 bridgehead atoms. The molecule has 74 valence electrons. The van der Waals surface area contributed by atoms with Gasteiger partial charge in [-0.15, -0.1) is 6.58 Å². The SMILES string of the molecule is C.C=CCC[C@H](CCC)C(C)C. The number of rotatable bonds is 6. The second-order valence-electron chi connectivity index (χ2n) is 3.66. The van der Waals surface area contributed by atoms with Gasteiger partial charge < -0.3 is 0 Å². The monoisotopic (exact) mass is 170 g/mol. The van der Waals surface area contributed by atoms with Crippen LogP contribution in [0, 0.1) is 11.8 Å². The Balaban J connectivity index is 0. The zero-order chi connectivity index (χ0) is 8.69. The first-order chi connectivity index (χ1) is 5.22. The summed E-state index contributed by atoms with van der Waals surface area (Å²) >= 11 is 0. The van der Waals surface area contributed by atoms with Gasteiger partial charge in [-0.25, -0.2) is 0 Å². The molecule has 0 rings (SSSR count). The molecule has 0 heteroatoms. The van der Waals surface area contributed by atoms with Gasteiger partial charge in [-0.05, 0) is 24.7 Å². The first-order valence-electron chi connectivity index (χ1n) is 4.83. The van der Waals surface area contributed by atoms with Crippen molar-refractivity contribution in [3.8, 4) is 0 Å². The molecule has 0 aliphatic rings. The van der Waals surface area contributed by atoms with Gasteiger partial charge in [0, 0.05) is 0 Å². The van der Waals surface area contributed by atoms with E-state index in [1.54, 1.807) is 0 Å². The molecule has 0 unspecified atom stereocenters. The molecule has 0 saturated carbocycles. The quantitative estimate of drug-likeness (QED) is 0.508. The molecular weight excluding hydrogens is 144 g/mol. The van der Waals surface area contributed by atoms with E-state index in [0.717, 1.165) is 11.8 Å². The fourth-order valence-electron chi connectivity index (χ4n) is 1.51. The van der Waals surface area contributed by atoms with Gasteiger partial charge in [0.2, 0.25) is 0 Å². The van der Waals surface area contributed by atoms with Crippen molar-refractivity contribution in [1.82, 2.24) is 0 Å². The summed E-state index contributed by atoms with van der Waals surface area (Å²) in [6.07, 6.45) is 7.24. The first-order valence-corrected chi connectivity index (χ1v) is 4.83. The zero-order valence-electron chi connectivity index (χ0n) is 8.27. The van der Waals surface area contributed by atoms with Crippen LogP contribution in [0.4, 0.5) is 0 Å². The van der Waals surface area contributed by atoms with Crippen molar-refractivity contribution in [1.29, 1.82) is 0 Å². The molecule has 0 aliphatic heterocycles. The molecule has 0 N–H and O–H groups in total. The van der Waals surface area contributed by atoms with Gasteiger partial charge in [-0.3, -0.25) is 0 Å². The summed E-state index contributed by atoms with van der Waals surface area (Å²) in [6.45, 7) is 10.7. The minimum Gasteiger partial charge on any atom is -0.103 e. The highest BCUT2D eigenvalue weighted by atomic mass is 14.2. The summed E-state index contributed by atoms with van der Waals surface area (Å²) in [6, 6.07) is 0. The average molecular weight is 170 g/mol. The zero-order valence-corrected chi connectivity index (χ0v) is 8.27. The predicted molar refractivity (Wildman–Crippen MR) is 59.4 cm³/mol. The van der Waals surface area contributed by atoms with E-state index in [0.29, 0.717) is 0 Å². The summed E-state index contributed by atoms with van der Waals surface area (Å²) in [7, 11) is 0. The van der Waals surface area contributed by atoms with E-state index in [4.69, 9.17) is 0 Å². The fraction of sp³-hybridized carbons (Fsp3) is 0.833. The highest BCUT2D eigenvalue weighted by Gasteiger charge is 2.10. The van der Waals surface area contributed by atoms with Gasteiger partial charge in [0.15, 0.2) is 0 Å². The van der Waals surface area contributed by atoms with E-state index < -0.39 is 0 Å². The summed E-state index contributed by atoms with van der Waals surface area (Å²) in [5, 5.41) is 0.